The summed E-state index contributed by atoms with van der Waals surface area (Å²) in [4.78, 5) is 43.8. The standard InChI is InChI=1S/C37H36N4O7S/c1-7-47-36(43)33-22(4)38-37-40(34(33)25-14-17-30(48-21(2)3)31(18-25)46-6)35(42)32(49-37)19-28-23(5)39(29-11-9-8-10-27(28)29)20-24-12-15-26(16-13-24)41(44)45/h8-19,21,34H,7,20H2,1-6H3/b32-19-/t34-/m0/s1. The highest BCUT2D eigenvalue weighted by atomic mass is 32.1. The smallest absolute Gasteiger partial charge is 0.338 e. The lowest BCUT2D eigenvalue weighted by Crippen LogP contribution is -2.40. The van der Waals surface area contributed by atoms with Gasteiger partial charge in [0.05, 0.1) is 46.6 Å². The molecular formula is C37H36N4O7S. The van der Waals surface area contributed by atoms with Gasteiger partial charge in [-0.15, -0.1) is 0 Å². The van der Waals surface area contributed by atoms with Crippen LogP contribution in [0.15, 0.2) is 87.8 Å². The van der Waals surface area contributed by atoms with E-state index >= 15 is 0 Å². The lowest BCUT2D eigenvalue weighted by Gasteiger charge is -2.25. The normalized spacial score (nSPS) is 14.6. The summed E-state index contributed by atoms with van der Waals surface area (Å²) in [6.07, 6.45) is 1.80. The highest BCUT2D eigenvalue weighted by molar-refractivity contribution is 7.07. The topological polar surface area (TPSA) is 127 Å². The number of ether oxygens (including phenoxy) is 3. The first kappa shape index (κ1) is 33.4. The molecule has 2 aromatic heterocycles. The van der Waals surface area contributed by atoms with Crippen molar-refractivity contribution in [3.8, 4) is 11.5 Å². The summed E-state index contributed by atoms with van der Waals surface area (Å²) in [7, 11) is 1.55. The maximum atomic E-state index is 14.4. The Kier molecular flexibility index (Phi) is 9.24. The fourth-order valence-corrected chi connectivity index (χ4v) is 7.22. The van der Waals surface area contributed by atoms with E-state index in [1.165, 1.54) is 23.5 Å². The van der Waals surface area contributed by atoms with Crippen LogP contribution in [-0.4, -0.2) is 39.8 Å². The Morgan fingerprint density at radius 1 is 1.08 bits per heavy atom. The van der Waals surface area contributed by atoms with Gasteiger partial charge in [0, 0.05) is 40.8 Å². The monoisotopic (exact) mass is 680 g/mol. The zero-order valence-corrected chi connectivity index (χ0v) is 28.9. The number of carbonyl (C=O) groups is 1. The number of methoxy groups -OCH3 is 1. The van der Waals surface area contributed by atoms with Gasteiger partial charge in [0.25, 0.3) is 11.2 Å². The number of esters is 1. The fourth-order valence-electron chi connectivity index (χ4n) is 6.19. The molecule has 11 nitrogen and oxygen atoms in total. The number of benzene rings is 3. The van der Waals surface area contributed by atoms with Crippen molar-refractivity contribution >= 4 is 40.0 Å². The van der Waals surface area contributed by atoms with Crippen molar-refractivity contribution < 1.29 is 23.9 Å². The molecule has 6 rings (SSSR count). The number of nitro groups is 1. The van der Waals surface area contributed by atoms with Crippen LogP contribution in [0, 0.1) is 17.0 Å². The summed E-state index contributed by atoms with van der Waals surface area (Å²) in [5, 5.41) is 12.1. The number of non-ortho nitro benzene ring substituents is 1. The van der Waals surface area contributed by atoms with E-state index in [4.69, 9.17) is 19.2 Å². The van der Waals surface area contributed by atoms with E-state index in [1.54, 1.807) is 49.8 Å². The summed E-state index contributed by atoms with van der Waals surface area (Å²) in [5.41, 5.74) is 4.80. The van der Waals surface area contributed by atoms with Gasteiger partial charge in [-0.2, -0.15) is 0 Å². The molecule has 0 saturated heterocycles. The second kappa shape index (κ2) is 13.6. The van der Waals surface area contributed by atoms with Crippen LogP contribution in [-0.2, 0) is 16.1 Å². The van der Waals surface area contributed by atoms with E-state index in [1.807, 2.05) is 57.2 Å². The van der Waals surface area contributed by atoms with Crippen molar-refractivity contribution in [2.24, 2.45) is 4.99 Å². The first-order valence-electron chi connectivity index (χ1n) is 15.9. The number of aromatic nitrogens is 2. The van der Waals surface area contributed by atoms with Crippen molar-refractivity contribution in [2.75, 3.05) is 13.7 Å². The molecule has 0 unspecified atom stereocenters. The molecule has 0 radical (unpaired) electrons. The third-order valence-corrected chi connectivity index (χ3v) is 9.41. The fraction of sp³-hybridized carbons (Fsp3) is 0.270. The van der Waals surface area contributed by atoms with Gasteiger partial charge in [-0.05, 0) is 70.0 Å². The van der Waals surface area contributed by atoms with E-state index in [-0.39, 0.29) is 29.5 Å². The van der Waals surface area contributed by atoms with E-state index in [9.17, 15) is 19.7 Å². The molecule has 12 heteroatoms. The Balaban J connectivity index is 1.51. The summed E-state index contributed by atoms with van der Waals surface area (Å²) in [5.74, 6) is 0.477. The SMILES string of the molecule is CCOC(=O)C1=C(C)N=c2s/c(=C\c3c(C)n(Cc4ccc([N+](=O)[O-])cc4)c4ccccc34)c(=O)n2[C@H]1c1ccc(OC(C)C)c(OC)c1. The first-order valence-corrected chi connectivity index (χ1v) is 16.7. The first-order chi connectivity index (χ1) is 23.5. The number of allylic oxidation sites excluding steroid dienone is 1. The van der Waals surface area contributed by atoms with Crippen molar-refractivity contribution in [1.82, 2.24) is 9.13 Å². The van der Waals surface area contributed by atoms with Crippen LogP contribution < -0.4 is 24.4 Å². The maximum Gasteiger partial charge on any atom is 0.338 e. The average Bonchev–Trinajstić information content (AvgIpc) is 3.52. The van der Waals surface area contributed by atoms with E-state index in [0.717, 1.165) is 27.7 Å². The number of hydrogen-bond acceptors (Lipinski definition) is 9. The van der Waals surface area contributed by atoms with Crippen molar-refractivity contribution in [3.63, 3.8) is 0 Å². The molecule has 3 aromatic carbocycles. The molecule has 252 valence electrons. The summed E-state index contributed by atoms with van der Waals surface area (Å²) in [6.45, 7) is 9.97. The van der Waals surface area contributed by atoms with Crippen LogP contribution in [0.2, 0.25) is 0 Å². The average molecular weight is 681 g/mol. The van der Waals surface area contributed by atoms with Gasteiger partial charge < -0.3 is 18.8 Å². The molecule has 0 aliphatic carbocycles. The van der Waals surface area contributed by atoms with Crippen LogP contribution in [0.1, 0.15) is 56.1 Å². The van der Waals surface area contributed by atoms with E-state index < -0.39 is 16.9 Å². The third kappa shape index (κ3) is 6.27. The molecule has 3 heterocycles. The number of rotatable bonds is 10. The zero-order valence-electron chi connectivity index (χ0n) is 28.1. The molecule has 0 spiro atoms. The second-order valence-corrected chi connectivity index (χ2v) is 12.9. The molecule has 1 aliphatic rings. The minimum absolute atomic E-state index is 0.0341. The van der Waals surface area contributed by atoms with Gasteiger partial charge >= 0.3 is 5.97 Å². The Morgan fingerprint density at radius 2 is 1.82 bits per heavy atom. The number of para-hydroxylation sites is 1. The Morgan fingerprint density at radius 3 is 2.49 bits per heavy atom. The molecule has 0 fully saturated rings. The lowest BCUT2D eigenvalue weighted by atomic mass is 9.95. The number of carbonyl (C=O) groups excluding carboxylic acids is 1. The molecule has 1 atom stereocenters. The minimum atomic E-state index is -0.816. The van der Waals surface area contributed by atoms with E-state index in [2.05, 4.69) is 4.57 Å². The van der Waals surface area contributed by atoms with Gasteiger partial charge in [0.2, 0.25) is 0 Å². The van der Waals surface area contributed by atoms with Gasteiger partial charge in [0.15, 0.2) is 16.3 Å². The highest BCUT2D eigenvalue weighted by Crippen LogP contribution is 2.37. The number of nitrogens with zero attached hydrogens (tertiary/aromatic N) is 4. The van der Waals surface area contributed by atoms with Crippen molar-refractivity contribution in [1.29, 1.82) is 0 Å². The van der Waals surface area contributed by atoms with Gasteiger partial charge in [-0.25, -0.2) is 9.79 Å². The molecule has 0 saturated carbocycles. The lowest BCUT2D eigenvalue weighted by molar-refractivity contribution is -0.384. The van der Waals surface area contributed by atoms with Gasteiger partial charge in [0.1, 0.15) is 0 Å². The van der Waals surface area contributed by atoms with Crippen molar-refractivity contribution in [2.45, 2.75) is 53.3 Å². The van der Waals surface area contributed by atoms with Crippen LogP contribution in [0.4, 0.5) is 5.69 Å². The predicted molar refractivity (Wildman–Crippen MR) is 188 cm³/mol. The van der Waals surface area contributed by atoms with Crippen molar-refractivity contribution in [3.05, 3.63) is 130 Å². The van der Waals surface area contributed by atoms with E-state index in [0.29, 0.717) is 38.6 Å². The van der Waals surface area contributed by atoms with Crippen LogP contribution in [0.3, 0.4) is 0 Å². The van der Waals surface area contributed by atoms with Crippen LogP contribution in [0.25, 0.3) is 17.0 Å². The number of thiazole rings is 1. The summed E-state index contributed by atoms with van der Waals surface area (Å²) in [6, 6.07) is 19.0. The predicted octanol–water partition coefficient (Wildman–Crippen LogP) is 5.81. The molecule has 0 bridgehead atoms. The van der Waals surface area contributed by atoms with Gasteiger partial charge in [-0.1, -0.05) is 47.7 Å². The number of fused-ring (bicyclic) bond motifs is 2. The second-order valence-electron chi connectivity index (χ2n) is 11.9. The molecular weight excluding hydrogens is 644 g/mol. The quantitative estimate of drug-likeness (QED) is 0.103. The number of hydrogen-bond donors (Lipinski definition) is 0. The molecule has 0 N–H and O–H groups in total. The van der Waals surface area contributed by atoms with Crippen LogP contribution in [0.5, 0.6) is 11.5 Å². The molecule has 49 heavy (non-hydrogen) atoms. The highest BCUT2D eigenvalue weighted by Gasteiger charge is 2.34. The summed E-state index contributed by atoms with van der Waals surface area (Å²) >= 11 is 1.26. The Labute approximate surface area is 286 Å². The Hall–Kier alpha value is -5.49. The third-order valence-electron chi connectivity index (χ3n) is 8.43. The van der Waals surface area contributed by atoms with Crippen LogP contribution >= 0.6 is 11.3 Å². The number of nitro benzene ring substituents is 1. The maximum absolute atomic E-state index is 14.4. The minimum Gasteiger partial charge on any atom is -0.493 e. The molecule has 5 aromatic rings. The molecule has 0 amide bonds. The molecule has 1 aliphatic heterocycles. The Bertz CT molecular complexity index is 2310. The summed E-state index contributed by atoms with van der Waals surface area (Å²) < 4.78 is 21.2. The van der Waals surface area contributed by atoms with Gasteiger partial charge in [-0.3, -0.25) is 19.5 Å². The largest absolute Gasteiger partial charge is 0.493 e. The zero-order chi connectivity index (χ0) is 35.0.